The van der Waals surface area contributed by atoms with Crippen LogP contribution in [0.4, 0.5) is 0 Å². The summed E-state index contributed by atoms with van der Waals surface area (Å²) >= 11 is 0. The summed E-state index contributed by atoms with van der Waals surface area (Å²) in [7, 11) is 1.38. The van der Waals surface area contributed by atoms with Crippen molar-refractivity contribution in [3.8, 4) is 0 Å². The number of ether oxygens (including phenoxy) is 1. The Balaban J connectivity index is 1.63. The van der Waals surface area contributed by atoms with Gasteiger partial charge in [0.05, 0.1) is 19.1 Å². The van der Waals surface area contributed by atoms with Crippen LogP contribution < -0.4 is 0 Å². The molecule has 4 aliphatic rings. The van der Waals surface area contributed by atoms with Crippen LogP contribution in [-0.2, 0) is 19.1 Å². The molecular weight excluding hydrogens is 456 g/mol. The summed E-state index contributed by atoms with van der Waals surface area (Å²) in [4.78, 5) is 39.5. The molecule has 0 saturated heterocycles. The highest BCUT2D eigenvalue weighted by molar-refractivity contribution is 6.12. The SMILES string of the molecule is C=C(CC[C@@H](C)[C@H]1CC[C@H]2C3=C(C(=O)[C@H](O)[C@]12C)[C@@]1(C)CC[C@@H](O)[C@@H](C)[C@@H]1CC3=O)C(C)C(=O)OC. The van der Waals surface area contributed by atoms with E-state index >= 15 is 0 Å². The van der Waals surface area contributed by atoms with E-state index in [4.69, 9.17) is 4.74 Å². The number of allylic oxidation sites excluding steroid dienone is 1. The molecule has 200 valence electrons. The van der Waals surface area contributed by atoms with E-state index in [-0.39, 0.29) is 53.0 Å². The van der Waals surface area contributed by atoms with Gasteiger partial charge in [-0.2, -0.15) is 0 Å². The number of esters is 1. The molecule has 2 saturated carbocycles. The number of aliphatic hydroxyl groups excluding tert-OH is 2. The van der Waals surface area contributed by atoms with Gasteiger partial charge in [0.2, 0.25) is 0 Å². The topological polar surface area (TPSA) is 101 Å². The van der Waals surface area contributed by atoms with Gasteiger partial charge in [0.15, 0.2) is 11.6 Å². The molecule has 0 amide bonds. The molecule has 36 heavy (non-hydrogen) atoms. The summed E-state index contributed by atoms with van der Waals surface area (Å²) < 4.78 is 4.85. The first-order valence-electron chi connectivity index (χ1n) is 13.7. The molecule has 6 nitrogen and oxygen atoms in total. The highest BCUT2D eigenvalue weighted by Crippen LogP contribution is 2.65. The van der Waals surface area contributed by atoms with Crippen LogP contribution in [0.1, 0.15) is 79.6 Å². The maximum atomic E-state index is 13.9. The molecule has 0 radical (unpaired) electrons. The fourth-order valence-corrected chi connectivity index (χ4v) is 8.57. The number of ketones is 2. The minimum atomic E-state index is -1.14. The Labute approximate surface area is 215 Å². The molecule has 0 aromatic carbocycles. The lowest BCUT2D eigenvalue weighted by Crippen LogP contribution is -2.58. The molecule has 4 rings (SSSR count). The minimum absolute atomic E-state index is 0.0403. The molecule has 0 aliphatic heterocycles. The number of aliphatic hydroxyl groups is 2. The standard InChI is InChI=1S/C30H44O6/c1-15(17(3)28(35)36-7)8-9-16(2)19-10-11-20-24-23(32)14-21-18(4)22(31)12-13-29(21,5)25(24)26(33)27(34)30(19,20)6/h16-22,27,31,34H,1,8-14H2,2-7H3/t16-,17?,18+,19-,20+,21+,22-,27+,29+,30-/m1/s1. The molecule has 0 aromatic rings. The van der Waals surface area contributed by atoms with Crippen LogP contribution in [0.15, 0.2) is 23.3 Å². The van der Waals surface area contributed by atoms with Crippen molar-refractivity contribution in [2.24, 2.45) is 46.3 Å². The molecule has 0 heterocycles. The van der Waals surface area contributed by atoms with Crippen molar-refractivity contribution >= 4 is 17.5 Å². The molecule has 10 atom stereocenters. The molecule has 0 spiro atoms. The Morgan fingerprint density at radius 3 is 2.47 bits per heavy atom. The predicted molar refractivity (Wildman–Crippen MR) is 137 cm³/mol. The van der Waals surface area contributed by atoms with Gasteiger partial charge in [0.25, 0.3) is 0 Å². The van der Waals surface area contributed by atoms with Crippen molar-refractivity contribution in [3.63, 3.8) is 0 Å². The van der Waals surface area contributed by atoms with E-state index in [1.54, 1.807) is 6.92 Å². The van der Waals surface area contributed by atoms with Gasteiger partial charge in [0.1, 0.15) is 6.10 Å². The molecular formula is C30H44O6. The Kier molecular flexibility index (Phi) is 7.19. The van der Waals surface area contributed by atoms with Gasteiger partial charge in [0, 0.05) is 28.4 Å². The van der Waals surface area contributed by atoms with Crippen LogP contribution in [0.2, 0.25) is 0 Å². The van der Waals surface area contributed by atoms with E-state index in [0.29, 0.717) is 36.8 Å². The Morgan fingerprint density at radius 2 is 1.83 bits per heavy atom. The van der Waals surface area contributed by atoms with Gasteiger partial charge >= 0.3 is 5.97 Å². The lowest BCUT2D eigenvalue weighted by Gasteiger charge is -2.56. The quantitative estimate of drug-likeness (QED) is 0.413. The minimum Gasteiger partial charge on any atom is -0.469 e. The molecule has 4 aliphatic carbocycles. The maximum absolute atomic E-state index is 13.9. The Hall–Kier alpha value is -1.79. The Bertz CT molecular complexity index is 995. The zero-order valence-electron chi connectivity index (χ0n) is 22.8. The van der Waals surface area contributed by atoms with Crippen LogP contribution in [0.25, 0.3) is 0 Å². The van der Waals surface area contributed by atoms with Crippen LogP contribution in [-0.4, -0.2) is 47.1 Å². The fraction of sp³-hybridized carbons (Fsp3) is 0.767. The number of carbonyl (C=O) groups excluding carboxylic acids is 3. The van der Waals surface area contributed by atoms with Crippen molar-refractivity contribution in [1.29, 1.82) is 0 Å². The second-order valence-electron chi connectivity index (χ2n) is 12.7. The smallest absolute Gasteiger partial charge is 0.312 e. The van der Waals surface area contributed by atoms with Crippen molar-refractivity contribution in [3.05, 3.63) is 23.3 Å². The molecule has 2 fully saturated rings. The second kappa shape index (κ2) is 9.50. The zero-order valence-corrected chi connectivity index (χ0v) is 22.8. The first kappa shape index (κ1) is 27.3. The van der Waals surface area contributed by atoms with Crippen LogP contribution in [0, 0.1) is 46.3 Å². The van der Waals surface area contributed by atoms with Crippen molar-refractivity contribution in [2.45, 2.75) is 91.8 Å². The number of carbonyl (C=O) groups is 3. The first-order chi connectivity index (χ1) is 16.8. The number of hydrogen-bond acceptors (Lipinski definition) is 6. The summed E-state index contributed by atoms with van der Waals surface area (Å²) in [5, 5.41) is 22.1. The number of Topliss-reactive ketones (excluding diaryl/α,β-unsaturated/α-hetero) is 2. The van der Waals surface area contributed by atoms with Gasteiger partial charge in [-0.05, 0) is 75.0 Å². The Morgan fingerprint density at radius 1 is 1.17 bits per heavy atom. The van der Waals surface area contributed by atoms with E-state index < -0.39 is 23.0 Å². The average molecular weight is 501 g/mol. The van der Waals surface area contributed by atoms with Gasteiger partial charge in [-0.15, -0.1) is 0 Å². The second-order valence-corrected chi connectivity index (χ2v) is 12.7. The van der Waals surface area contributed by atoms with E-state index in [9.17, 15) is 24.6 Å². The summed E-state index contributed by atoms with van der Waals surface area (Å²) in [6.45, 7) is 14.1. The third-order valence-corrected chi connectivity index (χ3v) is 11.1. The van der Waals surface area contributed by atoms with Gasteiger partial charge < -0.3 is 14.9 Å². The van der Waals surface area contributed by atoms with Crippen molar-refractivity contribution in [1.82, 2.24) is 0 Å². The third-order valence-electron chi connectivity index (χ3n) is 11.1. The van der Waals surface area contributed by atoms with E-state index in [1.165, 1.54) is 7.11 Å². The van der Waals surface area contributed by atoms with Gasteiger partial charge in [-0.25, -0.2) is 0 Å². The van der Waals surface area contributed by atoms with Crippen LogP contribution >= 0.6 is 0 Å². The molecule has 6 heteroatoms. The monoisotopic (exact) mass is 500 g/mol. The number of hydrogen-bond donors (Lipinski definition) is 2. The summed E-state index contributed by atoms with van der Waals surface area (Å²) in [5.41, 5.74) is 0.920. The fourth-order valence-electron chi connectivity index (χ4n) is 8.57. The predicted octanol–water partition coefficient (Wildman–Crippen LogP) is 4.43. The largest absolute Gasteiger partial charge is 0.469 e. The molecule has 0 bridgehead atoms. The van der Waals surface area contributed by atoms with Gasteiger partial charge in [-0.3, -0.25) is 14.4 Å². The van der Waals surface area contributed by atoms with E-state index in [1.807, 2.05) is 13.8 Å². The normalized spacial score (nSPS) is 41.8. The first-order valence-corrected chi connectivity index (χ1v) is 13.7. The lowest BCUT2D eigenvalue weighted by atomic mass is 9.47. The van der Waals surface area contributed by atoms with E-state index in [2.05, 4.69) is 20.4 Å². The third kappa shape index (κ3) is 3.86. The number of fused-ring (bicyclic) bond motifs is 4. The maximum Gasteiger partial charge on any atom is 0.312 e. The van der Waals surface area contributed by atoms with Gasteiger partial charge in [-0.1, -0.05) is 39.8 Å². The molecule has 2 N–H and O–H groups in total. The summed E-state index contributed by atoms with van der Waals surface area (Å²) in [6, 6.07) is 0. The van der Waals surface area contributed by atoms with Crippen LogP contribution in [0.3, 0.4) is 0 Å². The van der Waals surface area contributed by atoms with E-state index in [0.717, 1.165) is 24.8 Å². The highest BCUT2D eigenvalue weighted by Gasteiger charge is 2.65. The van der Waals surface area contributed by atoms with Crippen molar-refractivity contribution in [2.75, 3.05) is 7.11 Å². The zero-order chi connectivity index (χ0) is 26.7. The summed E-state index contributed by atoms with van der Waals surface area (Å²) in [5.74, 6) is -0.871. The van der Waals surface area contributed by atoms with Crippen molar-refractivity contribution < 1.29 is 29.3 Å². The molecule has 1 unspecified atom stereocenters. The summed E-state index contributed by atoms with van der Waals surface area (Å²) in [6.07, 6.45) is 3.16. The number of methoxy groups -OCH3 is 1. The highest BCUT2D eigenvalue weighted by atomic mass is 16.5. The number of rotatable bonds is 6. The molecule has 0 aromatic heterocycles. The lowest BCUT2D eigenvalue weighted by molar-refractivity contribution is -0.145. The van der Waals surface area contributed by atoms with Crippen LogP contribution in [0.5, 0.6) is 0 Å². The average Bonchev–Trinajstić information content (AvgIpc) is 3.21.